The largest absolute Gasteiger partial charge is 0.314 e. The van der Waals surface area contributed by atoms with Crippen LogP contribution in [0.5, 0.6) is 0 Å². The van der Waals surface area contributed by atoms with Crippen LogP contribution in [0, 0.1) is 0 Å². The maximum absolute atomic E-state index is 3.60. The smallest absolute Gasteiger partial charge is 0.0218 e. The second-order valence-corrected chi connectivity index (χ2v) is 6.49. The Hall–Kier alpha value is -0.120. The minimum Gasteiger partial charge on any atom is -0.314 e. The molecule has 0 amide bonds. The SMILES string of the molecule is CCC1CN(CCCCCCNC2CC2)CCN1C. The second kappa shape index (κ2) is 8.23. The number of hydrogen-bond donors (Lipinski definition) is 1. The highest BCUT2D eigenvalue weighted by molar-refractivity contribution is 4.80. The molecule has 3 nitrogen and oxygen atoms in total. The topological polar surface area (TPSA) is 18.5 Å². The Morgan fingerprint density at radius 1 is 1.05 bits per heavy atom. The zero-order valence-electron chi connectivity index (χ0n) is 13.0. The van der Waals surface area contributed by atoms with E-state index < -0.39 is 0 Å². The molecule has 1 saturated heterocycles. The molecule has 1 aliphatic heterocycles. The Balaban J connectivity index is 1.43. The van der Waals surface area contributed by atoms with Crippen LogP contribution in [0.4, 0.5) is 0 Å². The van der Waals surface area contributed by atoms with Gasteiger partial charge < -0.3 is 15.1 Å². The van der Waals surface area contributed by atoms with Gasteiger partial charge in [0.2, 0.25) is 0 Å². The number of nitrogens with zero attached hydrogens (tertiary/aromatic N) is 2. The first kappa shape index (κ1) is 15.3. The van der Waals surface area contributed by atoms with Crippen LogP contribution in [0.15, 0.2) is 0 Å². The minimum absolute atomic E-state index is 0.788. The van der Waals surface area contributed by atoms with E-state index in [0.29, 0.717) is 0 Å². The van der Waals surface area contributed by atoms with Crippen molar-refractivity contribution < 1.29 is 0 Å². The molecule has 2 fully saturated rings. The summed E-state index contributed by atoms with van der Waals surface area (Å²) >= 11 is 0. The molecule has 0 aromatic carbocycles. The molecule has 1 heterocycles. The number of unbranched alkanes of at least 4 members (excludes halogenated alkanes) is 3. The lowest BCUT2D eigenvalue weighted by Gasteiger charge is -2.39. The highest BCUT2D eigenvalue weighted by Gasteiger charge is 2.22. The van der Waals surface area contributed by atoms with Crippen molar-refractivity contribution in [3.63, 3.8) is 0 Å². The van der Waals surface area contributed by atoms with Gasteiger partial charge in [0, 0.05) is 31.7 Å². The molecule has 1 aliphatic carbocycles. The summed E-state index contributed by atoms with van der Waals surface area (Å²) in [6, 6.07) is 1.67. The predicted molar refractivity (Wildman–Crippen MR) is 82.6 cm³/mol. The first-order chi connectivity index (χ1) is 9.29. The molecule has 1 atom stereocenters. The first-order valence-electron chi connectivity index (χ1n) is 8.45. The van der Waals surface area contributed by atoms with E-state index in [0.717, 1.165) is 12.1 Å². The second-order valence-electron chi connectivity index (χ2n) is 6.49. The van der Waals surface area contributed by atoms with Crippen molar-refractivity contribution in [2.45, 2.75) is 64.0 Å². The summed E-state index contributed by atoms with van der Waals surface area (Å²) in [4.78, 5) is 5.21. The molecular weight excluding hydrogens is 234 g/mol. The lowest BCUT2D eigenvalue weighted by molar-refractivity contribution is 0.0919. The highest BCUT2D eigenvalue weighted by atomic mass is 15.3. The zero-order chi connectivity index (χ0) is 13.5. The summed E-state index contributed by atoms with van der Waals surface area (Å²) in [5, 5.41) is 3.60. The maximum Gasteiger partial charge on any atom is 0.0218 e. The van der Waals surface area contributed by atoms with Crippen LogP contribution in [-0.2, 0) is 0 Å². The summed E-state index contributed by atoms with van der Waals surface area (Å²) in [7, 11) is 2.28. The molecule has 0 aromatic heterocycles. The number of rotatable bonds is 9. The van der Waals surface area contributed by atoms with Crippen molar-refractivity contribution >= 4 is 0 Å². The Kier molecular flexibility index (Phi) is 6.62. The molecule has 2 rings (SSSR count). The average molecular weight is 267 g/mol. The third kappa shape index (κ3) is 5.80. The van der Waals surface area contributed by atoms with Crippen LogP contribution >= 0.6 is 0 Å². The van der Waals surface area contributed by atoms with Crippen LogP contribution < -0.4 is 5.32 Å². The molecule has 1 saturated carbocycles. The van der Waals surface area contributed by atoms with Crippen LogP contribution in [0.25, 0.3) is 0 Å². The normalized spacial score (nSPS) is 25.9. The lowest BCUT2D eigenvalue weighted by Crippen LogP contribution is -2.51. The predicted octanol–water partition coefficient (Wildman–Crippen LogP) is 2.32. The van der Waals surface area contributed by atoms with Gasteiger partial charge in [0.25, 0.3) is 0 Å². The third-order valence-corrected chi connectivity index (χ3v) is 4.74. The monoisotopic (exact) mass is 267 g/mol. The number of likely N-dealkylation sites (N-methyl/N-ethyl adjacent to an activating group) is 1. The fraction of sp³-hybridized carbons (Fsp3) is 1.00. The molecule has 0 spiro atoms. The first-order valence-corrected chi connectivity index (χ1v) is 8.45. The lowest BCUT2D eigenvalue weighted by atomic mass is 10.1. The molecular formula is C16H33N3. The van der Waals surface area contributed by atoms with E-state index in [1.807, 2.05) is 0 Å². The standard InChI is InChI=1S/C16H33N3/c1-3-16-14-19(13-12-18(16)2)11-7-5-4-6-10-17-15-8-9-15/h15-17H,3-14H2,1-2H3. The summed E-state index contributed by atoms with van der Waals surface area (Å²) in [6.07, 6.45) is 9.71. The molecule has 19 heavy (non-hydrogen) atoms. The molecule has 0 aromatic rings. The number of hydrogen-bond acceptors (Lipinski definition) is 3. The van der Waals surface area contributed by atoms with Crippen molar-refractivity contribution in [3.8, 4) is 0 Å². The van der Waals surface area contributed by atoms with Crippen LogP contribution in [0.3, 0.4) is 0 Å². The van der Waals surface area contributed by atoms with Gasteiger partial charge >= 0.3 is 0 Å². The van der Waals surface area contributed by atoms with Crippen LogP contribution in [0.1, 0.15) is 51.9 Å². The molecule has 2 aliphatic rings. The van der Waals surface area contributed by atoms with Gasteiger partial charge in [-0.15, -0.1) is 0 Å². The molecule has 0 bridgehead atoms. The molecule has 3 heteroatoms. The van der Waals surface area contributed by atoms with Gasteiger partial charge in [-0.05, 0) is 52.2 Å². The molecule has 112 valence electrons. The van der Waals surface area contributed by atoms with E-state index in [2.05, 4.69) is 29.1 Å². The Bertz CT molecular complexity index is 240. The quantitative estimate of drug-likeness (QED) is 0.647. The highest BCUT2D eigenvalue weighted by Crippen LogP contribution is 2.18. The fourth-order valence-electron chi connectivity index (χ4n) is 3.06. The van der Waals surface area contributed by atoms with Gasteiger partial charge in [0.1, 0.15) is 0 Å². The van der Waals surface area contributed by atoms with Crippen molar-refractivity contribution in [3.05, 3.63) is 0 Å². The van der Waals surface area contributed by atoms with Gasteiger partial charge in [-0.2, -0.15) is 0 Å². The van der Waals surface area contributed by atoms with E-state index in [1.54, 1.807) is 0 Å². The van der Waals surface area contributed by atoms with Crippen molar-refractivity contribution in [1.29, 1.82) is 0 Å². The van der Waals surface area contributed by atoms with Crippen LogP contribution in [0.2, 0.25) is 0 Å². The molecule has 1 N–H and O–H groups in total. The zero-order valence-corrected chi connectivity index (χ0v) is 13.0. The summed E-state index contributed by atoms with van der Waals surface area (Å²) < 4.78 is 0. The number of nitrogens with one attached hydrogen (secondary N) is 1. The van der Waals surface area contributed by atoms with E-state index >= 15 is 0 Å². The summed E-state index contributed by atoms with van der Waals surface area (Å²) in [5.41, 5.74) is 0. The van der Waals surface area contributed by atoms with Crippen molar-refractivity contribution in [1.82, 2.24) is 15.1 Å². The van der Waals surface area contributed by atoms with Gasteiger partial charge in [-0.1, -0.05) is 19.8 Å². The van der Waals surface area contributed by atoms with E-state index in [1.165, 1.54) is 77.7 Å². The van der Waals surface area contributed by atoms with Crippen LogP contribution in [-0.4, -0.2) is 61.7 Å². The van der Waals surface area contributed by atoms with E-state index in [9.17, 15) is 0 Å². The Morgan fingerprint density at radius 2 is 1.84 bits per heavy atom. The maximum atomic E-state index is 3.60. The summed E-state index contributed by atoms with van der Waals surface area (Å²) in [6.45, 7) is 8.70. The Morgan fingerprint density at radius 3 is 2.58 bits per heavy atom. The van der Waals surface area contributed by atoms with E-state index in [-0.39, 0.29) is 0 Å². The fourth-order valence-corrected chi connectivity index (χ4v) is 3.06. The van der Waals surface area contributed by atoms with E-state index in [4.69, 9.17) is 0 Å². The number of piperazine rings is 1. The summed E-state index contributed by atoms with van der Waals surface area (Å²) in [5.74, 6) is 0. The van der Waals surface area contributed by atoms with Crippen molar-refractivity contribution in [2.75, 3.05) is 39.8 Å². The Labute approximate surface area is 119 Å². The van der Waals surface area contributed by atoms with Crippen molar-refractivity contribution in [2.24, 2.45) is 0 Å². The van der Waals surface area contributed by atoms with Gasteiger partial charge in [-0.3, -0.25) is 0 Å². The van der Waals surface area contributed by atoms with Gasteiger partial charge in [0.15, 0.2) is 0 Å². The third-order valence-electron chi connectivity index (χ3n) is 4.74. The molecule has 1 unspecified atom stereocenters. The average Bonchev–Trinajstić information content (AvgIpc) is 3.23. The van der Waals surface area contributed by atoms with Gasteiger partial charge in [-0.25, -0.2) is 0 Å². The minimum atomic E-state index is 0.788. The molecule has 0 radical (unpaired) electrons. The van der Waals surface area contributed by atoms with Gasteiger partial charge in [0.05, 0.1) is 0 Å².